The molecule has 0 amide bonds. The number of carbonyl (C=O) groups is 1. The zero-order chi connectivity index (χ0) is 13.1. The Hall–Kier alpha value is -2.49. The molecule has 0 aliphatic rings. The van der Waals surface area contributed by atoms with Gasteiger partial charge in [-0.15, -0.1) is 0 Å². The Balaban J connectivity index is 2.18. The maximum Gasteiger partial charge on any atom is 0.335 e. The first-order chi connectivity index (χ1) is 8.56. The Labute approximate surface area is 105 Å². The first kappa shape index (κ1) is 12.0. The van der Waals surface area contributed by atoms with E-state index in [9.17, 15) is 4.79 Å². The minimum Gasteiger partial charge on any atom is -0.478 e. The van der Waals surface area contributed by atoms with Crippen LogP contribution in [0.15, 0.2) is 42.5 Å². The molecule has 92 valence electrons. The van der Waals surface area contributed by atoms with Crippen molar-refractivity contribution < 1.29 is 14.6 Å². The smallest absolute Gasteiger partial charge is 0.335 e. The molecule has 2 aromatic rings. The summed E-state index contributed by atoms with van der Waals surface area (Å²) in [5.41, 5.74) is 7.60. The van der Waals surface area contributed by atoms with Crippen LogP contribution in [0.1, 0.15) is 15.9 Å². The lowest BCUT2D eigenvalue weighted by atomic mass is 10.2. The Morgan fingerprint density at radius 1 is 1.11 bits per heavy atom. The Morgan fingerprint density at radius 3 is 2.28 bits per heavy atom. The van der Waals surface area contributed by atoms with Crippen molar-refractivity contribution >= 4 is 11.7 Å². The number of benzene rings is 2. The molecular weight excluding hydrogens is 230 g/mol. The van der Waals surface area contributed by atoms with E-state index in [-0.39, 0.29) is 5.56 Å². The van der Waals surface area contributed by atoms with Crippen LogP contribution in [-0.4, -0.2) is 11.1 Å². The van der Waals surface area contributed by atoms with Crippen molar-refractivity contribution in [3.05, 3.63) is 53.6 Å². The number of nitrogen functional groups attached to an aromatic ring is 1. The van der Waals surface area contributed by atoms with Crippen molar-refractivity contribution in [3.63, 3.8) is 0 Å². The van der Waals surface area contributed by atoms with E-state index in [0.29, 0.717) is 17.2 Å². The summed E-state index contributed by atoms with van der Waals surface area (Å²) in [6, 6.07) is 11.6. The molecule has 0 saturated heterocycles. The fraction of sp³-hybridized carbons (Fsp3) is 0.0714. The predicted octanol–water partition coefficient (Wildman–Crippen LogP) is 3.07. The van der Waals surface area contributed by atoms with Gasteiger partial charge in [0, 0.05) is 5.69 Å². The predicted molar refractivity (Wildman–Crippen MR) is 69.1 cm³/mol. The van der Waals surface area contributed by atoms with Gasteiger partial charge in [0.05, 0.1) is 5.56 Å². The number of aryl methyl sites for hydroxylation is 1. The molecule has 0 spiro atoms. The number of anilines is 1. The highest BCUT2D eigenvalue weighted by molar-refractivity contribution is 5.87. The Kier molecular flexibility index (Phi) is 3.19. The molecule has 0 aliphatic carbocycles. The summed E-state index contributed by atoms with van der Waals surface area (Å²) < 4.78 is 5.60. The van der Waals surface area contributed by atoms with Crippen LogP contribution < -0.4 is 10.5 Å². The number of hydrogen-bond acceptors (Lipinski definition) is 3. The van der Waals surface area contributed by atoms with E-state index in [1.54, 1.807) is 24.3 Å². The SMILES string of the molecule is Cc1cc(Oc2ccc(C(=O)O)cc2)ccc1N. The molecular formula is C14H13NO3. The first-order valence-electron chi connectivity index (χ1n) is 5.43. The van der Waals surface area contributed by atoms with Crippen molar-refractivity contribution in [2.45, 2.75) is 6.92 Å². The first-order valence-corrected chi connectivity index (χ1v) is 5.43. The highest BCUT2D eigenvalue weighted by atomic mass is 16.5. The second kappa shape index (κ2) is 4.79. The number of ether oxygens (including phenoxy) is 1. The van der Waals surface area contributed by atoms with Crippen LogP contribution in [0.2, 0.25) is 0 Å². The molecule has 2 rings (SSSR count). The van der Waals surface area contributed by atoms with E-state index < -0.39 is 5.97 Å². The highest BCUT2D eigenvalue weighted by Gasteiger charge is 2.03. The van der Waals surface area contributed by atoms with Crippen LogP contribution in [0.3, 0.4) is 0 Å². The molecule has 0 unspecified atom stereocenters. The van der Waals surface area contributed by atoms with Crippen molar-refractivity contribution in [1.29, 1.82) is 0 Å². The molecule has 2 aromatic carbocycles. The van der Waals surface area contributed by atoms with E-state index in [0.717, 1.165) is 5.56 Å². The van der Waals surface area contributed by atoms with Gasteiger partial charge in [0.25, 0.3) is 0 Å². The number of rotatable bonds is 3. The number of nitrogens with two attached hydrogens (primary N) is 1. The summed E-state index contributed by atoms with van der Waals surface area (Å²) in [5, 5.41) is 8.78. The summed E-state index contributed by atoms with van der Waals surface area (Å²) in [5.74, 6) is 0.304. The van der Waals surface area contributed by atoms with E-state index in [4.69, 9.17) is 15.6 Å². The zero-order valence-electron chi connectivity index (χ0n) is 9.88. The van der Waals surface area contributed by atoms with Crippen LogP contribution >= 0.6 is 0 Å². The zero-order valence-corrected chi connectivity index (χ0v) is 9.88. The van der Waals surface area contributed by atoms with E-state index >= 15 is 0 Å². The van der Waals surface area contributed by atoms with Gasteiger partial charge in [0.15, 0.2) is 0 Å². The van der Waals surface area contributed by atoms with Gasteiger partial charge in [-0.1, -0.05) is 0 Å². The fourth-order valence-electron chi connectivity index (χ4n) is 1.51. The lowest BCUT2D eigenvalue weighted by Crippen LogP contribution is -1.95. The second-order valence-electron chi connectivity index (χ2n) is 3.95. The average Bonchev–Trinajstić information content (AvgIpc) is 2.34. The van der Waals surface area contributed by atoms with Crippen LogP contribution in [0, 0.1) is 6.92 Å². The lowest BCUT2D eigenvalue weighted by Gasteiger charge is -2.07. The van der Waals surface area contributed by atoms with Gasteiger partial charge in [0.2, 0.25) is 0 Å². The topological polar surface area (TPSA) is 72.5 Å². The largest absolute Gasteiger partial charge is 0.478 e. The quantitative estimate of drug-likeness (QED) is 0.812. The molecule has 0 radical (unpaired) electrons. The highest BCUT2D eigenvalue weighted by Crippen LogP contribution is 2.24. The molecule has 0 bridgehead atoms. The van der Waals surface area contributed by atoms with Gasteiger partial charge < -0.3 is 15.6 Å². The van der Waals surface area contributed by atoms with Crippen LogP contribution in [0.4, 0.5) is 5.69 Å². The summed E-state index contributed by atoms with van der Waals surface area (Å²) in [4.78, 5) is 10.7. The van der Waals surface area contributed by atoms with Gasteiger partial charge in [-0.2, -0.15) is 0 Å². The molecule has 4 heteroatoms. The maximum absolute atomic E-state index is 10.7. The van der Waals surface area contributed by atoms with Gasteiger partial charge in [-0.25, -0.2) is 4.79 Å². The Morgan fingerprint density at radius 2 is 1.72 bits per heavy atom. The molecule has 0 atom stereocenters. The standard InChI is InChI=1S/C14H13NO3/c1-9-8-12(6-7-13(9)15)18-11-4-2-10(3-5-11)14(16)17/h2-8H,15H2,1H3,(H,16,17). The monoisotopic (exact) mass is 243 g/mol. The molecule has 0 fully saturated rings. The van der Waals surface area contributed by atoms with Crippen LogP contribution in [0.5, 0.6) is 11.5 Å². The maximum atomic E-state index is 10.7. The summed E-state index contributed by atoms with van der Waals surface area (Å²) >= 11 is 0. The van der Waals surface area contributed by atoms with Gasteiger partial charge in [0.1, 0.15) is 11.5 Å². The molecule has 3 N–H and O–H groups in total. The summed E-state index contributed by atoms with van der Waals surface area (Å²) in [7, 11) is 0. The van der Waals surface area contributed by atoms with Gasteiger partial charge >= 0.3 is 5.97 Å². The molecule has 0 aromatic heterocycles. The van der Waals surface area contributed by atoms with Gasteiger partial charge in [-0.05, 0) is 55.0 Å². The molecule has 0 heterocycles. The van der Waals surface area contributed by atoms with Crippen molar-refractivity contribution in [3.8, 4) is 11.5 Å². The number of hydrogen-bond donors (Lipinski definition) is 2. The lowest BCUT2D eigenvalue weighted by molar-refractivity contribution is 0.0697. The molecule has 4 nitrogen and oxygen atoms in total. The average molecular weight is 243 g/mol. The van der Waals surface area contributed by atoms with Gasteiger partial charge in [-0.3, -0.25) is 0 Å². The third kappa shape index (κ3) is 2.60. The normalized spacial score (nSPS) is 10.1. The van der Waals surface area contributed by atoms with E-state index in [1.165, 1.54) is 12.1 Å². The molecule has 0 saturated carbocycles. The fourth-order valence-corrected chi connectivity index (χ4v) is 1.51. The number of aromatic carboxylic acids is 1. The third-order valence-corrected chi connectivity index (χ3v) is 2.58. The minimum absolute atomic E-state index is 0.232. The van der Waals surface area contributed by atoms with Crippen LogP contribution in [0.25, 0.3) is 0 Å². The number of carboxylic acid groups (broad SMARTS) is 1. The van der Waals surface area contributed by atoms with Crippen molar-refractivity contribution in [1.82, 2.24) is 0 Å². The number of carboxylic acids is 1. The van der Waals surface area contributed by atoms with E-state index in [1.807, 2.05) is 13.0 Å². The van der Waals surface area contributed by atoms with E-state index in [2.05, 4.69) is 0 Å². The second-order valence-corrected chi connectivity index (χ2v) is 3.95. The van der Waals surface area contributed by atoms with Crippen LogP contribution in [-0.2, 0) is 0 Å². The van der Waals surface area contributed by atoms with Crippen molar-refractivity contribution in [2.24, 2.45) is 0 Å². The Bertz CT molecular complexity index is 576. The van der Waals surface area contributed by atoms with Crippen molar-refractivity contribution in [2.75, 3.05) is 5.73 Å². The molecule has 0 aliphatic heterocycles. The summed E-state index contributed by atoms with van der Waals surface area (Å²) in [6.45, 7) is 1.90. The molecule has 18 heavy (non-hydrogen) atoms. The third-order valence-electron chi connectivity index (χ3n) is 2.58. The summed E-state index contributed by atoms with van der Waals surface area (Å²) in [6.07, 6.45) is 0. The minimum atomic E-state index is -0.954.